The second-order valence-corrected chi connectivity index (χ2v) is 8.32. The van der Waals surface area contributed by atoms with Gasteiger partial charge in [0.05, 0.1) is 0 Å². The van der Waals surface area contributed by atoms with Gasteiger partial charge >= 0.3 is 0 Å². The molecule has 0 aromatic heterocycles. The van der Waals surface area contributed by atoms with Gasteiger partial charge in [-0.15, -0.1) is 0 Å². The van der Waals surface area contributed by atoms with E-state index in [0.29, 0.717) is 0 Å². The standard InChI is InChI=1S/C25H35N/c1-3-4-5-6-20-7-12-23(13-8-20)25-16-11-22(17-19(25)2)18-21-9-14-24(26)15-10-21/h9-11,14-17,20,23H,3-8,12-13,18,26H2,1-2H3. The number of nitrogens with two attached hydrogens (primary N) is 1. The maximum Gasteiger partial charge on any atom is 0.0314 e. The Bertz CT molecular complexity index is 678. The lowest BCUT2D eigenvalue weighted by atomic mass is 9.76. The zero-order valence-corrected chi connectivity index (χ0v) is 16.6. The van der Waals surface area contributed by atoms with E-state index in [1.807, 2.05) is 12.1 Å². The third-order valence-corrected chi connectivity index (χ3v) is 6.22. The van der Waals surface area contributed by atoms with Crippen molar-refractivity contribution in [3.8, 4) is 0 Å². The van der Waals surface area contributed by atoms with Crippen molar-refractivity contribution in [1.82, 2.24) is 0 Å². The first-order chi connectivity index (χ1) is 12.7. The topological polar surface area (TPSA) is 26.0 Å². The summed E-state index contributed by atoms with van der Waals surface area (Å²) < 4.78 is 0. The molecule has 3 rings (SSSR count). The van der Waals surface area contributed by atoms with E-state index in [4.69, 9.17) is 5.73 Å². The predicted octanol–water partition coefficient (Wildman–Crippen LogP) is 7.02. The predicted molar refractivity (Wildman–Crippen MR) is 114 cm³/mol. The van der Waals surface area contributed by atoms with Crippen molar-refractivity contribution in [2.24, 2.45) is 5.92 Å². The fraction of sp³-hybridized carbons (Fsp3) is 0.520. The zero-order valence-electron chi connectivity index (χ0n) is 16.6. The third-order valence-electron chi connectivity index (χ3n) is 6.22. The molecule has 1 saturated carbocycles. The van der Waals surface area contributed by atoms with Crippen molar-refractivity contribution in [1.29, 1.82) is 0 Å². The Balaban J connectivity index is 1.57. The molecule has 0 radical (unpaired) electrons. The first kappa shape index (κ1) is 19.0. The Hall–Kier alpha value is -1.76. The average Bonchev–Trinajstić information content (AvgIpc) is 2.65. The molecule has 1 aliphatic rings. The molecule has 0 heterocycles. The van der Waals surface area contributed by atoms with Crippen LogP contribution in [0.4, 0.5) is 5.69 Å². The van der Waals surface area contributed by atoms with Crippen LogP contribution in [0.2, 0.25) is 0 Å². The largest absolute Gasteiger partial charge is 0.399 e. The number of anilines is 1. The van der Waals surface area contributed by atoms with Crippen molar-refractivity contribution in [3.05, 3.63) is 64.7 Å². The number of unbranched alkanes of at least 4 members (excludes halogenated alkanes) is 2. The fourth-order valence-electron chi connectivity index (χ4n) is 4.62. The van der Waals surface area contributed by atoms with Crippen LogP contribution < -0.4 is 5.73 Å². The van der Waals surface area contributed by atoms with Gasteiger partial charge < -0.3 is 5.73 Å². The molecule has 0 aliphatic heterocycles. The van der Waals surface area contributed by atoms with Gasteiger partial charge in [-0.3, -0.25) is 0 Å². The SMILES string of the molecule is CCCCCC1CCC(c2ccc(Cc3ccc(N)cc3)cc2C)CC1. The Kier molecular flexibility index (Phi) is 6.77. The van der Waals surface area contributed by atoms with Crippen LogP contribution in [-0.2, 0) is 6.42 Å². The van der Waals surface area contributed by atoms with E-state index in [1.165, 1.54) is 68.1 Å². The van der Waals surface area contributed by atoms with Gasteiger partial charge in [0.25, 0.3) is 0 Å². The smallest absolute Gasteiger partial charge is 0.0314 e. The molecule has 1 fully saturated rings. The summed E-state index contributed by atoms with van der Waals surface area (Å²) in [5.74, 6) is 1.77. The van der Waals surface area contributed by atoms with E-state index >= 15 is 0 Å². The number of hydrogen-bond donors (Lipinski definition) is 1. The van der Waals surface area contributed by atoms with Crippen molar-refractivity contribution in [2.45, 2.75) is 77.6 Å². The van der Waals surface area contributed by atoms with Crippen LogP contribution in [0.5, 0.6) is 0 Å². The van der Waals surface area contributed by atoms with E-state index < -0.39 is 0 Å². The summed E-state index contributed by atoms with van der Waals surface area (Å²) in [6, 6.07) is 15.4. The second-order valence-electron chi connectivity index (χ2n) is 8.32. The Morgan fingerprint density at radius 2 is 1.58 bits per heavy atom. The molecule has 0 amide bonds. The molecule has 0 saturated heterocycles. The molecule has 1 aliphatic carbocycles. The summed E-state index contributed by atoms with van der Waals surface area (Å²) in [5, 5.41) is 0. The molecule has 1 heteroatoms. The molecule has 140 valence electrons. The quantitative estimate of drug-likeness (QED) is 0.422. The minimum absolute atomic E-state index is 0.781. The number of nitrogen functional groups attached to an aromatic ring is 1. The van der Waals surface area contributed by atoms with E-state index in [1.54, 1.807) is 5.56 Å². The van der Waals surface area contributed by atoms with E-state index in [2.05, 4.69) is 44.2 Å². The highest BCUT2D eigenvalue weighted by atomic mass is 14.5. The average molecular weight is 350 g/mol. The fourth-order valence-corrected chi connectivity index (χ4v) is 4.62. The highest BCUT2D eigenvalue weighted by molar-refractivity contribution is 5.42. The molecule has 2 aromatic rings. The molecular formula is C25H35N. The lowest BCUT2D eigenvalue weighted by molar-refractivity contribution is 0.302. The number of benzene rings is 2. The monoisotopic (exact) mass is 349 g/mol. The number of aryl methyl sites for hydroxylation is 1. The third kappa shape index (κ3) is 5.13. The summed E-state index contributed by atoms with van der Waals surface area (Å²) in [5.41, 5.74) is 12.4. The lowest BCUT2D eigenvalue weighted by Gasteiger charge is -2.30. The Morgan fingerprint density at radius 3 is 2.23 bits per heavy atom. The Labute approximate surface area is 160 Å². The molecular weight excluding hydrogens is 314 g/mol. The minimum atomic E-state index is 0.781. The van der Waals surface area contributed by atoms with Gasteiger partial charge in [0.1, 0.15) is 0 Å². The molecule has 1 nitrogen and oxygen atoms in total. The van der Waals surface area contributed by atoms with E-state index in [9.17, 15) is 0 Å². The molecule has 26 heavy (non-hydrogen) atoms. The van der Waals surface area contributed by atoms with E-state index in [0.717, 1.165) is 23.9 Å². The van der Waals surface area contributed by atoms with Crippen LogP contribution in [0.15, 0.2) is 42.5 Å². The van der Waals surface area contributed by atoms with Crippen LogP contribution in [0.25, 0.3) is 0 Å². The van der Waals surface area contributed by atoms with Gasteiger partial charge in [0, 0.05) is 5.69 Å². The minimum Gasteiger partial charge on any atom is -0.399 e. The van der Waals surface area contributed by atoms with Crippen LogP contribution in [0.3, 0.4) is 0 Å². The van der Waals surface area contributed by atoms with Crippen molar-refractivity contribution in [3.63, 3.8) is 0 Å². The van der Waals surface area contributed by atoms with Gasteiger partial charge in [-0.25, -0.2) is 0 Å². The highest BCUT2D eigenvalue weighted by Gasteiger charge is 2.23. The van der Waals surface area contributed by atoms with Gasteiger partial charge in [-0.05, 0) is 85.3 Å². The van der Waals surface area contributed by atoms with Crippen LogP contribution >= 0.6 is 0 Å². The molecule has 0 bridgehead atoms. The lowest BCUT2D eigenvalue weighted by Crippen LogP contribution is -2.14. The Morgan fingerprint density at radius 1 is 0.885 bits per heavy atom. The van der Waals surface area contributed by atoms with E-state index in [-0.39, 0.29) is 0 Å². The maximum atomic E-state index is 5.79. The summed E-state index contributed by atoms with van der Waals surface area (Å²) in [6.45, 7) is 4.60. The van der Waals surface area contributed by atoms with Crippen LogP contribution in [0, 0.1) is 12.8 Å². The second kappa shape index (κ2) is 9.26. The summed E-state index contributed by atoms with van der Waals surface area (Å²) in [6.07, 6.45) is 12.3. The summed E-state index contributed by atoms with van der Waals surface area (Å²) in [7, 11) is 0. The van der Waals surface area contributed by atoms with Gasteiger partial charge in [-0.1, -0.05) is 62.9 Å². The van der Waals surface area contributed by atoms with Crippen molar-refractivity contribution in [2.75, 3.05) is 5.73 Å². The van der Waals surface area contributed by atoms with Gasteiger partial charge in [0.2, 0.25) is 0 Å². The van der Waals surface area contributed by atoms with Crippen LogP contribution in [0.1, 0.15) is 86.5 Å². The first-order valence-corrected chi connectivity index (χ1v) is 10.6. The highest BCUT2D eigenvalue weighted by Crippen LogP contribution is 2.39. The molecule has 0 spiro atoms. The maximum absolute atomic E-state index is 5.79. The molecule has 2 N–H and O–H groups in total. The molecule has 2 aromatic carbocycles. The normalized spacial score (nSPS) is 20.2. The molecule has 0 unspecified atom stereocenters. The van der Waals surface area contributed by atoms with Gasteiger partial charge in [-0.2, -0.15) is 0 Å². The first-order valence-electron chi connectivity index (χ1n) is 10.6. The van der Waals surface area contributed by atoms with Crippen molar-refractivity contribution < 1.29 is 0 Å². The van der Waals surface area contributed by atoms with Gasteiger partial charge in [0.15, 0.2) is 0 Å². The number of hydrogen-bond acceptors (Lipinski definition) is 1. The van der Waals surface area contributed by atoms with Crippen LogP contribution in [-0.4, -0.2) is 0 Å². The number of rotatable bonds is 7. The summed E-state index contributed by atoms with van der Waals surface area (Å²) >= 11 is 0. The summed E-state index contributed by atoms with van der Waals surface area (Å²) in [4.78, 5) is 0. The zero-order chi connectivity index (χ0) is 18.4. The molecule has 0 atom stereocenters. The van der Waals surface area contributed by atoms with Crippen molar-refractivity contribution >= 4 is 5.69 Å².